The number of benzene rings is 1. The van der Waals surface area contributed by atoms with Crippen LogP contribution in [-0.4, -0.2) is 39.1 Å². The number of anilines is 1. The molecule has 2 aliphatic heterocycles. The maximum Gasteiger partial charge on any atom is 0.356 e. The number of ether oxygens (including phenoxy) is 4. The molecular formula is C17H22N2O5. The average Bonchev–Trinajstić information content (AvgIpc) is 2.98. The van der Waals surface area contributed by atoms with Gasteiger partial charge in [-0.25, -0.2) is 4.79 Å². The first-order valence-electron chi connectivity index (χ1n) is 7.98. The van der Waals surface area contributed by atoms with Crippen LogP contribution in [0, 0.1) is 0 Å². The lowest BCUT2D eigenvalue weighted by atomic mass is 10.2. The second-order valence-corrected chi connectivity index (χ2v) is 5.73. The van der Waals surface area contributed by atoms with E-state index in [4.69, 9.17) is 18.9 Å². The first kappa shape index (κ1) is 16.3. The van der Waals surface area contributed by atoms with Crippen LogP contribution in [0.1, 0.15) is 20.8 Å². The molecular weight excluding hydrogens is 312 g/mol. The molecule has 7 heteroatoms. The van der Waals surface area contributed by atoms with Crippen molar-refractivity contribution in [3.8, 4) is 17.2 Å². The molecule has 130 valence electrons. The van der Waals surface area contributed by atoms with Crippen molar-refractivity contribution in [3.63, 3.8) is 0 Å². The van der Waals surface area contributed by atoms with Crippen LogP contribution in [0.5, 0.6) is 17.2 Å². The van der Waals surface area contributed by atoms with E-state index in [0.717, 1.165) is 11.4 Å². The second kappa shape index (κ2) is 6.51. The predicted octanol–water partition coefficient (Wildman–Crippen LogP) is 2.02. The molecule has 7 nitrogen and oxygen atoms in total. The summed E-state index contributed by atoms with van der Waals surface area (Å²) in [5.74, 6) is 1.58. The number of nitrogens with one attached hydrogen (secondary N) is 1. The van der Waals surface area contributed by atoms with Crippen LogP contribution in [0.3, 0.4) is 0 Å². The van der Waals surface area contributed by atoms with E-state index in [1.807, 2.05) is 30.9 Å². The zero-order chi connectivity index (χ0) is 17.3. The number of hydrogen-bond acceptors (Lipinski definition) is 7. The van der Waals surface area contributed by atoms with Crippen LogP contribution < -0.4 is 24.4 Å². The van der Waals surface area contributed by atoms with Crippen LogP contribution in [0.2, 0.25) is 0 Å². The topological polar surface area (TPSA) is 69.3 Å². The van der Waals surface area contributed by atoms with Gasteiger partial charge in [0.2, 0.25) is 0 Å². The van der Waals surface area contributed by atoms with Gasteiger partial charge in [0.25, 0.3) is 0 Å². The lowest BCUT2D eigenvalue weighted by Gasteiger charge is -2.30. The monoisotopic (exact) mass is 334 g/mol. The van der Waals surface area contributed by atoms with Crippen LogP contribution in [0.4, 0.5) is 5.69 Å². The average molecular weight is 334 g/mol. The minimum absolute atomic E-state index is 0.0169. The molecule has 1 N–H and O–H groups in total. The van der Waals surface area contributed by atoms with Crippen LogP contribution in [0.15, 0.2) is 23.5 Å². The Labute approximate surface area is 141 Å². The van der Waals surface area contributed by atoms with Gasteiger partial charge < -0.3 is 29.2 Å². The zero-order valence-corrected chi connectivity index (χ0v) is 14.3. The highest BCUT2D eigenvalue weighted by atomic mass is 16.5. The quantitative estimate of drug-likeness (QED) is 0.826. The van der Waals surface area contributed by atoms with Crippen molar-refractivity contribution >= 4 is 11.7 Å². The van der Waals surface area contributed by atoms with Gasteiger partial charge in [0.05, 0.1) is 37.9 Å². The van der Waals surface area contributed by atoms with Crippen molar-refractivity contribution in [2.45, 2.75) is 26.9 Å². The molecule has 3 rings (SSSR count). The molecule has 1 aromatic carbocycles. The smallest absolute Gasteiger partial charge is 0.356 e. The third-order valence-corrected chi connectivity index (χ3v) is 3.77. The van der Waals surface area contributed by atoms with E-state index in [0.29, 0.717) is 42.8 Å². The van der Waals surface area contributed by atoms with Crippen molar-refractivity contribution in [3.05, 3.63) is 23.5 Å². The fourth-order valence-corrected chi connectivity index (χ4v) is 2.77. The van der Waals surface area contributed by atoms with Crippen molar-refractivity contribution < 1.29 is 23.7 Å². The largest absolute Gasteiger partial charge is 0.493 e. The molecule has 0 fully saturated rings. The van der Waals surface area contributed by atoms with E-state index in [1.165, 1.54) is 0 Å². The number of carbonyl (C=O) groups is 1. The Morgan fingerprint density at radius 2 is 2.17 bits per heavy atom. The lowest BCUT2D eigenvalue weighted by molar-refractivity contribution is -0.138. The zero-order valence-electron chi connectivity index (χ0n) is 14.3. The Hall–Kier alpha value is -2.57. The minimum atomic E-state index is -0.366. The minimum Gasteiger partial charge on any atom is -0.493 e. The standard InChI is InChI=1S/C17H22N2O5/c1-5-22-17(20)16-12-8-23-13-7-14(21-4)15(24-10(2)3)6-11(13)19(12)9-18-16/h6-7,10,18H,5,8-9H2,1-4H3. The Morgan fingerprint density at radius 1 is 1.38 bits per heavy atom. The van der Waals surface area contributed by atoms with Gasteiger partial charge in [-0.15, -0.1) is 0 Å². The summed E-state index contributed by atoms with van der Waals surface area (Å²) in [6, 6.07) is 3.69. The lowest BCUT2D eigenvalue weighted by Crippen LogP contribution is -2.29. The van der Waals surface area contributed by atoms with Gasteiger partial charge in [-0.3, -0.25) is 0 Å². The molecule has 1 aromatic rings. The highest BCUT2D eigenvalue weighted by Gasteiger charge is 2.34. The number of hydrogen-bond donors (Lipinski definition) is 1. The summed E-state index contributed by atoms with van der Waals surface area (Å²) < 4.78 is 22.1. The Morgan fingerprint density at radius 3 is 2.83 bits per heavy atom. The Balaban J connectivity index is 1.99. The highest BCUT2D eigenvalue weighted by molar-refractivity contribution is 5.91. The summed E-state index contributed by atoms with van der Waals surface area (Å²) in [5, 5.41) is 3.09. The first-order valence-corrected chi connectivity index (χ1v) is 7.98. The van der Waals surface area contributed by atoms with E-state index in [1.54, 1.807) is 14.0 Å². The van der Waals surface area contributed by atoms with Crippen molar-refractivity contribution in [1.29, 1.82) is 0 Å². The number of rotatable bonds is 5. The highest BCUT2D eigenvalue weighted by Crippen LogP contribution is 2.44. The SMILES string of the molecule is CCOC(=O)C1=C2COc3cc(OC)c(OC(C)C)cc3N2CN1. The molecule has 24 heavy (non-hydrogen) atoms. The summed E-state index contributed by atoms with van der Waals surface area (Å²) in [6.07, 6.45) is 0.0169. The van der Waals surface area contributed by atoms with E-state index in [9.17, 15) is 4.79 Å². The normalized spacial score (nSPS) is 15.5. The molecule has 0 bridgehead atoms. The summed E-state index contributed by atoms with van der Waals surface area (Å²) >= 11 is 0. The molecule has 2 aliphatic rings. The van der Waals surface area contributed by atoms with Crippen LogP contribution in [-0.2, 0) is 9.53 Å². The van der Waals surface area contributed by atoms with Crippen molar-refractivity contribution in [1.82, 2.24) is 5.32 Å². The predicted molar refractivity (Wildman–Crippen MR) is 88.4 cm³/mol. The fourth-order valence-electron chi connectivity index (χ4n) is 2.77. The second-order valence-electron chi connectivity index (χ2n) is 5.73. The van der Waals surface area contributed by atoms with E-state index >= 15 is 0 Å². The van der Waals surface area contributed by atoms with Crippen LogP contribution in [0.25, 0.3) is 0 Å². The number of fused-ring (bicyclic) bond motifs is 3. The first-order chi connectivity index (χ1) is 11.5. The van der Waals surface area contributed by atoms with E-state index in [2.05, 4.69) is 5.32 Å². The third kappa shape index (κ3) is 2.81. The summed E-state index contributed by atoms with van der Waals surface area (Å²) in [7, 11) is 1.60. The molecule has 0 saturated heterocycles. The van der Waals surface area contributed by atoms with E-state index < -0.39 is 0 Å². The molecule has 0 spiro atoms. The summed E-state index contributed by atoms with van der Waals surface area (Å²) in [6.45, 7) is 6.80. The number of esters is 1. The molecule has 0 saturated carbocycles. The Kier molecular flexibility index (Phi) is 4.42. The molecule has 0 aromatic heterocycles. The molecule has 0 amide bonds. The molecule has 0 radical (unpaired) electrons. The maximum absolute atomic E-state index is 12.1. The van der Waals surface area contributed by atoms with Crippen molar-refractivity contribution in [2.24, 2.45) is 0 Å². The van der Waals surface area contributed by atoms with Gasteiger partial charge >= 0.3 is 5.97 Å². The number of methoxy groups -OCH3 is 1. The van der Waals surface area contributed by atoms with Crippen molar-refractivity contribution in [2.75, 3.05) is 31.9 Å². The molecule has 0 atom stereocenters. The molecule has 0 unspecified atom stereocenters. The summed E-state index contributed by atoms with van der Waals surface area (Å²) in [5.41, 5.74) is 2.05. The van der Waals surface area contributed by atoms with Gasteiger partial charge in [-0.2, -0.15) is 0 Å². The third-order valence-electron chi connectivity index (χ3n) is 3.77. The number of nitrogens with zero attached hydrogens (tertiary/aromatic N) is 1. The summed E-state index contributed by atoms with van der Waals surface area (Å²) in [4.78, 5) is 14.1. The van der Waals surface area contributed by atoms with E-state index in [-0.39, 0.29) is 12.1 Å². The van der Waals surface area contributed by atoms with Gasteiger partial charge in [-0.05, 0) is 20.8 Å². The molecule has 2 heterocycles. The molecule has 0 aliphatic carbocycles. The number of carbonyl (C=O) groups excluding carboxylic acids is 1. The maximum atomic E-state index is 12.1. The van der Waals surface area contributed by atoms with Gasteiger partial charge in [0.15, 0.2) is 11.5 Å². The van der Waals surface area contributed by atoms with Crippen LogP contribution >= 0.6 is 0 Å². The van der Waals surface area contributed by atoms with Gasteiger partial charge in [0.1, 0.15) is 18.1 Å². The Bertz CT molecular complexity index is 684. The van der Waals surface area contributed by atoms with Gasteiger partial charge in [0, 0.05) is 12.1 Å². The van der Waals surface area contributed by atoms with Gasteiger partial charge in [-0.1, -0.05) is 0 Å². The fraction of sp³-hybridized carbons (Fsp3) is 0.471.